The predicted octanol–water partition coefficient (Wildman–Crippen LogP) is -2.74. The minimum absolute atomic E-state index is 0.0226. The van der Waals surface area contributed by atoms with Gasteiger partial charge in [0.1, 0.15) is 6.04 Å². The normalized spacial score (nSPS) is 35.5. The van der Waals surface area contributed by atoms with Crippen LogP contribution in [0.3, 0.4) is 0 Å². The highest BCUT2D eigenvalue weighted by Gasteiger charge is 2.47. The van der Waals surface area contributed by atoms with Gasteiger partial charge >= 0.3 is 5.69 Å². The van der Waals surface area contributed by atoms with Crippen molar-refractivity contribution in [3.8, 4) is 0 Å². The number of nitrogens with zero attached hydrogens (tertiary/aromatic N) is 2. The summed E-state index contributed by atoms with van der Waals surface area (Å²) in [6, 6.07) is -2.27. The number of aliphatic hydroxyl groups excluding tert-OH is 3. The van der Waals surface area contributed by atoms with Gasteiger partial charge in [-0.05, 0) is 0 Å². The maximum atomic E-state index is 11.6. The number of hydrogen-bond acceptors (Lipinski definition) is 8. The number of hydrogen-bond donors (Lipinski definition) is 6. The zero-order valence-electron chi connectivity index (χ0n) is 10.1. The molecule has 0 radical (unpaired) electrons. The van der Waals surface area contributed by atoms with Crippen molar-refractivity contribution in [1.29, 1.82) is 0 Å². The van der Waals surface area contributed by atoms with Gasteiger partial charge in [0.15, 0.2) is 5.69 Å². The zero-order chi connectivity index (χ0) is 14.4. The van der Waals surface area contributed by atoms with Crippen LogP contribution < -0.4 is 16.6 Å². The van der Waals surface area contributed by atoms with Crippen molar-refractivity contribution in [1.82, 2.24) is 15.3 Å². The fourth-order valence-electron chi connectivity index (χ4n) is 2.57. The minimum Gasteiger partial charge on any atom is -0.395 e. The third-order valence-corrected chi connectivity index (χ3v) is 3.60. The second kappa shape index (κ2) is 4.59. The monoisotopic (exact) mass is 283 g/mol. The SMILES string of the molecule is O=c1[nH]c2c(c(=O)[nH]1)N=NC2[C@@H]1N[C@H](CO)[C@@H](O)[C@H]1O. The summed E-state index contributed by atoms with van der Waals surface area (Å²) in [6.45, 7) is -0.364. The molecule has 3 rings (SSSR count). The van der Waals surface area contributed by atoms with E-state index in [0.29, 0.717) is 0 Å². The number of aromatic amines is 2. The molecule has 0 saturated carbocycles. The van der Waals surface area contributed by atoms with Crippen molar-refractivity contribution in [2.45, 2.75) is 30.3 Å². The Hall–Kier alpha value is -1.88. The molecule has 0 aromatic carbocycles. The van der Waals surface area contributed by atoms with Gasteiger partial charge in [0, 0.05) is 0 Å². The fraction of sp³-hybridized carbons (Fsp3) is 0.600. The second-order valence-electron chi connectivity index (χ2n) is 4.79. The van der Waals surface area contributed by atoms with Crippen LogP contribution in [0.15, 0.2) is 19.8 Å². The molecule has 2 aliphatic rings. The topological polar surface area (TPSA) is 163 Å². The molecule has 1 aromatic rings. The summed E-state index contributed by atoms with van der Waals surface area (Å²) >= 11 is 0. The highest BCUT2D eigenvalue weighted by atomic mass is 16.3. The first-order valence-corrected chi connectivity index (χ1v) is 6.03. The number of aromatic nitrogens is 2. The van der Waals surface area contributed by atoms with Crippen LogP contribution in [-0.4, -0.2) is 56.2 Å². The molecule has 0 aliphatic carbocycles. The summed E-state index contributed by atoms with van der Waals surface area (Å²) in [4.78, 5) is 27.3. The smallest absolute Gasteiger partial charge is 0.326 e. The van der Waals surface area contributed by atoms with Gasteiger partial charge in [-0.3, -0.25) is 9.78 Å². The standard InChI is InChI=1S/C10H13N5O5/c16-1-2-7(17)8(18)5(11-2)4-3-6(15-14-4)9(19)13-10(20)12-3/h2,4-5,7-8,11,16-18H,1H2,(H2,12,13,19,20)/t2-,4?,5+,7-,8+/m1/s1. The summed E-state index contributed by atoms with van der Waals surface area (Å²) in [7, 11) is 0. The first kappa shape index (κ1) is 13.1. The van der Waals surface area contributed by atoms with Gasteiger partial charge < -0.3 is 25.6 Å². The van der Waals surface area contributed by atoms with Gasteiger partial charge in [-0.15, -0.1) is 5.11 Å². The summed E-state index contributed by atoms with van der Waals surface area (Å²) in [5, 5.41) is 39.2. The quantitative estimate of drug-likeness (QED) is 0.344. The van der Waals surface area contributed by atoms with Gasteiger partial charge in [-0.25, -0.2) is 4.79 Å². The van der Waals surface area contributed by atoms with E-state index in [9.17, 15) is 19.8 Å². The van der Waals surface area contributed by atoms with Crippen LogP contribution >= 0.6 is 0 Å². The molecule has 3 heterocycles. The number of nitrogens with one attached hydrogen (secondary N) is 3. The van der Waals surface area contributed by atoms with E-state index in [4.69, 9.17) is 5.11 Å². The molecule has 1 unspecified atom stereocenters. The summed E-state index contributed by atoms with van der Waals surface area (Å²) in [5.41, 5.74) is -1.20. The molecule has 1 aromatic heterocycles. The molecule has 2 aliphatic heterocycles. The van der Waals surface area contributed by atoms with Crippen LogP contribution in [0.25, 0.3) is 0 Å². The second-order valence-corrected chi connectivity index (χ2v) is 4.79. The van der Waals surface area contributed by atoms with E-state index in [-0.39, 0.29) is 18.0 Å². The predicted molar refractivity (Wildman–Crippen MR) is 64.8 cm³/mol. The third-order valence-electron chi connectivity index (χ3n) is 3.60. The highest BCUT2D eigenvalue weighted by Crippen LogP contribution is 2.36. The lowest BCUT2D eigenvalue weighted by Gasteiger charge is -2.19. The van der Waals surface area contributed by atoms with Gasteiger partial charge in [0.05, 0.1) is 36.6 Å². The van der Waals surface area contributed by atoms with Crippen LogP contribution in [0.5, 0.6) is 0 Å². The molecule has 5 atom stereocenters. The van der Waals surface area contributed by atoms with Crippen LogP contribution in [0, 0.1) is 0 Å². The van der Waals surface area contributed by atoms with E-state index in [1.165, 1.54) is 0 Å². The molecule has 10 nitrogen and oxygen atoms in total. The maximum Gasteiger partial charge on any atom is 0.326 e. The lowest BCUT2D eigenvalue weighted by atomic mass is 9.99. The number of fused-ring (bicyclic) bond motifs is 1. The maximum absolute atomic E-state index is 11.6. The van der Waals surface area contributed by atoms with E-state index < -0.39 is 41.6 Å². The average molecular weight is 283 g/mol. The highest BCUT2D eigenvalue weighted by molar-refractivity contribution is 5.44. The Morgan fingerprint density at radius 2 is 1.90 bits per heavy atom. The lowest BCUT2D eigenvalue weighted by Crippen LogP contribution is -2.39. The Kier molecular flexibility index (Phi) is 3.01. The third kappa shape index (κ3) is 1.81. The molecule has 6 N–H and O–H groups in total. The van der Waals surface area contributed by atoms with Crippen LogP contribution in [0.1, 0.15) is 11.7 Å². The lowest BCUT2D eigenvalue weighted by molar-refractivity contribution is 0.0168. The fourth-order valence-corrected chi connectivity index (χ4v) is 2.57. The number of rotatable bonds is 2. The van der Waals surface area contributed by atoms with Crippen molar-refractivity contribution in [3.05, 3.63) is 26.5 Å². The number of aliphatic hydroxyl groups is 3. The summed E-state index contributed by atoms with van der Waals surface area (Å²) in [6.07, 6.45) is -2.37. The van der Waals surface area contributed by atoms with Crippen molar-refractivity contribution in [3.63, 3.8) is 0 Å². The Morgan fingerprint density at radius 1 is 1.15 bits per heavy atom. The summed E-state index contributed by atoms with van der Waals surface area (Å²) < 4.78 is 0. The van der Waals surface area contributed by atoms with E-state index in [1.54, 1.807) is 0 Å². The molecular formula is C10H13N5O5. The van der Waals surface area contributed by atoms with Crippen LogP contribution in [-0.2, 0) is 0 Å². The first-order valence-electron chi connectivity index (χ1n) is 6.03. The van der Waals surface area contributed by atoms with E-state index >= 15 is 0 Å². The number of H-pyrrole nitrogens is 2. The van der Waals surface area contributed by atoms with Gasteiger partial charge in [-0.1, -0.05) is 0 Å². The van der Waals surface area contributed by atoms with E-state index in [2.05, 4.69) is 20.5 Å². The van der Waals surface area contributed by atoms with Crippen LogP contribution in [0.4, 0.5) is 5.69 Å². The Labute approximate surface area is 111 Å². The molecular weight excluding hydrogens is 270 g/mol. The van der Waals surface area contributed by atoms with E-state index in [1.807, 2.05) is 4.98 Å². The molecule has 0 bridgehead atoms. The molecule has 10 heteroatoms. The number of azo groups is 1. The Bertz CT molecular complexity index is 667. The first-order chi connectivity index (χ1) is 9.52. The Balaban J connectivity index is 1.98. The van der Waals surface area contributed by atoms with Gasteiger partial charge in [0.25, 0.3) is 5.56 Å². The minimum atomic E-state index is -1.20. The zero-order valence-corrected chi connectivity index (χ0v) is 10.1. The van der Waals surface area contributed by atoms with Crippen molar-refractivity contribution >= 4 is 5.69 Å². The molecule has 1 saturated heterocycles. The van der Waals surface area contributed by atoms with Crippen molar-refractivity contribution in [2.75, 3.05) is 6.61 Å². The van der Waals surface area contributed by atoms with Gasteiger partial charge in [0.2, 0.25) is 0 Å². The van der Waals surface area contributed by atoms with Crippen molar-refractivity contribution in [2.24, 2.45) is 10.2 Å². The molecule has 20 heavy (non-hydrogen) atoms. The van der Waals surface area contributed by atoms with Crippen LogP contribution in [0.2, 0.25) is 0 Å². The van der Waals surface area contributed by atoms with Gasteiger partial charge in [-0.2, -0.15) is 5.11 Å². The molecule has 1 fully saturated rings. The van der Waals surface area contributed by atoms with E-state index in [0.717, 1.165) is 0 Å². The van der Waals surface area contributed by atoms with Crippen molar-refractivity contribution < 1.29 is 15.3 Å². The molecule has 0 spiro atoms. The molecule has 108 valence electrons. The summed E-state index contributed by atoms with van der Waals surface area (Å²) in [5.74, 6) is 0. The molecule has 0 amide bonds. The Morgan fingerprint density at radius 3 is 2.55 bits per heavy atom. The average Bonchev–Trinajstić information content (AvgIpc) is 2.93. The largest absolute Gasteiger partial charge is 0.395 e.